The van der Waals surface area contributed by atoms with Crippen molar-refractivity contribution >= 4 is 5.91 Å². The standard InChI is InChI=1S/C17H28N2O2/c1-6-15(7-2)19-17(20)13(5)21-16-9-8-14(12(4)18)10-11(16)3/h8-10,12-13,15H,6-7,18H2,1-5H3,(H,19,20). The maximum absolute atomic E-state index is 12.1. The van der Waals surface area contributed by atoms with Gasteiger partial charge >= 0.3 is 0 Å². The molecule has 0 aromatic heterocycles. The van der Waals surface area contributed by atoms with Crippen LogP contribution < -0.4 is 15.8 Å². The lowest BCUT2D eigenvalue weighted by Crippen LogP contribution is -2.42. The van der Waals surface area contributed by atoms with Crippen LogP contribution in [0.2, 0.25) is 0 Å². The first-order valence-corrected chi connectivity index (χ1v) is 7.72. The summed E-state index contributed by atoms with van der Waals surface area (Å²) in [5.74, 6) is 0.658. The van der Waals surface area contributed by atoms with Crippen LogP contribution in [0.4, 0.5) is 0 Å². The molecule has 1 amide bonds. The molecule has 0 aliphatic heterocycles. The van der Waals surface area contributed by atoms with Crippen molar-refractivity contribution in [3.05, 3.63) is 29.3 Å². The van der Waals surface area contributed by atoms with Crippen molar-refractivity contribution in [3.63, 3.8) is 0 Å². The summed E-state index contributed by atoms with van der Waals surface area (Å²) in [6.07, 6.45) is 1.35. The molecule has 2 atom stereocenters. The summed E-state index contributed by atoms with van der Waals surface area (Å²) in [5.41, 5.74) is 7.92. The SMILES string of the molecule is CCC(CC)NC(=O)C(C)Oc1ccc(C(C)N)cc1C. The molecular weight excluding hydrogens is 264 g/mol. The molecule has 118 valence electrons. The molecule has 0 radical (unpaired) electrons. The van der Waals surface area contributed by atoms with Gasteiger partial charge in [0.2, 0.25) is 0 Å². The van der Waals surface area contributed by atoms with Crippen molar-refractivity contribution in [2.75, 3.05) is 0 Å². The minimum atomic E-state index is -0.509. The molecule has 0 saturated heterocycles. The molecule has 2 unspecified atom stereocenters. The summed E-state index contributed by atoms with van der Waals surface area (Å²) in [5, 5.41) is 3.00. The normalized spacial score (nSPS) is 13.9. The quantitative estimate of drug-likeness (QED) is 0.811. The summed E-state index contributed by atoms with van der Waals surface area (Å²) in [7, 11) is 0. The number of carbonyl (C=O) groups is 1. The van der Waals surface area contributed by atoms with Crippen molar-refractivity contribution in [1.29, 1.82) is 0 Å². The summed E-state index contributed by atoms with van der Waals surface area (Å²) in [4.78, 5) is 12.1. The largest absolute Gasteiger partial charge is 0.481 e. The van der Waals surface area contributed by atoms with Gasteiger partial charge in [0, 0.05) is 12.1 Å². The molecule has 4 nitrogen and oxygen atoms in total. The van der Waals surface area contributed by atoms with Crippen molar-refractivity contribution in [3.8, 4) is 5.75 Å². The van der Waals surface area contributed by atoms with Crippen LogP contribution in [0.3, 0.4) is 0 Å². The molecule has 1 aromatic rings. The summed E-state index contributed by atoms with van der Waals surface area (Å²) >= 11 is 0. The molecule has 0 bridgehead atoms. The number of nitrogens with two attached hydrogens (primary N) is 1. The van der Waals surface area contributed by atoms with E-state index in [0.29, 0.717) is 0 Å². The van der Waals surface area contributed by atoms with Gasteiger partial charge in [-0.15, -0.1) is 0 Å². The number of ether oxygens (including phenoxy) is 1. The van der Waals surface area contributed by atoms with Gasteiger partial charge in [0.05, 0.1) is 0 Å². The topological polar surface area (TPSA) is 64.3 Å². The van der Waals surface area contributed by atoms with Crippen LogP contribution in [0.5, 0.6) is 5.75 Å². The van der Waals surface area contributed by atoms with Gasteiger partial charge < -0.3 is 15.8 Å². The van der Waals surface area contributed by atoms with Crippen LogP contribution in [-0.2, 0) is 4.79 Å². The molecular formula is C17H28N2O2. The zero-order valence-electron chi connectivity index (χ0n) is 13.8. The Morgan fingerprint density at radius 3 is 2.38 bits per heavy atom. The third kappa shape index (κ3) is 5.05. The third-order valence-electron chi connectivity index (χ3n) is 3.73. The van der Waals surface area contributed by atoms with Crippen molar-refractivity contribution in [2.45, 2.75) is 65.6 Å². The van der Waals surface area contributed by atoms with E-state index >= 15 is 0 Å². The number of hydrogen-bond donors (Lipinski definition) is 2. The molecule has 0 aliphatic rings. The van der Waals surface area contributed by atoms with Crippen molar-refractivity contribution < 1.29 is 9.53 Å². The smallest absolute Gasteiger partial charge is 0.260 e. The molecule has 0 spiro atoms. The maximum atomic E-state index is 12.1. The molecule has 4 heteroatoms. The molecule has 21 heavy (non-hydrogen) atoms. The summed E-state index contributed by atoms with van der Waals surface area (Å²) in [6.45, 7) is 9.82. The lowest BCUT2D eigenvalue weighted by atomic mass is 10.1. The highest BCUT2D eigenvalue weighted by molar-refractivity contribution is 5.81. The second-order valence-corrected chi connectivity index (χ2v) is 5.60. The number of benzene rings is 1. The molecule has 0 saturated carbocycles. The lowest BCUT2D eigenvalue weighted by molar-refractivity contribution is -0.128. The van der Waals surface area contributed by atoms with Crippen LogP contribution >= 0.6 is 0 Å². The number of carbonyl (C=O) groups excluding carboxylic acids is 1. The molecule has 0 heterocycles. The Hall–Kier alpha value is -1.55. The molecule has 0 fully saturated rings. The van der Waals surface area contributed by atoms with Crippen LogP contribution in [-0.4, -0.2) is 18.1 Å². The van der Waals surface area contributed by atoms with Crippen LogP contribution in [0, 0.1) is 6.92 Å². The first-order chi connectivity index (χ1) is 9.88. The van der Waals surface area contributed by atoms with Gasteiger partial charge in [-0.2, -0.15) is 0 Å². The molecule has 3 N–H and O–H groups in total. The average molecular weight is 292 g/mol. The zero-order valence-corrected chi connectivity index (χ0v) is 13.8. The van der Waals surface area contributed by atoms with E-state index in [9.17, 15) is 4.79 Å². The Morgan fingerprint density at radius 2 is 1.90 bits per heavy atom. The monoisotopic (exact) mass is 292 g/mol. The highest BCUT2D eigenvalue weighted by Crippen LogP contribution is 2.23. The van der Waals surface area contributed by atoms with Crippen LogP contribution in [0.25, 0.3) is 0 Å². The van der Waals surface area contributed by atoms with E-state index < -0.39 is 6.10 Å². The van der Waals surface area contributed by atoms with Crippen LogP contribution in [0.15, 0.2) is 18.2 Å². The fraction of sp³-hybridized carbons (Fsp3) is 0.588. The van der Waals surface area contributed by atoms with Gasteiger partial charge in [0.1, 0.15) is 5.75 Å². The average Bonchev–Trinajstić information content (AvgIpc) is 2.46. The Labute approximate surface area is 128 Å². The van der Waals surface area contributed by atoms with Gasteiger partial charge in [-0.25, -0.2) is 0 Å². The minimum Gasteiger partial charge on any atom is -0.481 e. The molecule has 1 rings (SSSR count). The highest BCUT2D eigenvalue weighted by atomic mass is 16.5. The van der Waals surface area contributed by atoms with E-state index in [2.05, 4.69) is 19.2 Å². The predicted octanol–water partition coefficient (Wildman–Crippen LogP) is 3.09. The van der Waals surface area contributed by atoms with E-state index in [1.54, 1.807) is 6.92 Å². The predicted molar refractivity (Wildman–Crippen MR) is 86.4 cm³/mol. The number of hydrogen-bond acceptors (Lipinski definition) is 3. The highest BCUT2D eigenvalue weighted by Gasteiger charge is 2.18. The van der Waals surface area contributed by atoms with Crippen molar-refractivity contribution in [1.82, 2.24) is 5.32 Å². The number of nitrogens with one attached hydrogen (secondary N) is 1. The van der Waals surface area contributed by atoms with E-state index in [1.165, 1.54) is 0 Å². The number of rotatable bonds is 7. The molecule has 1 aromatic carbocycles. The van der Waals surface area contributed by atoms with E-state index in [1.807, 2.05) is 32.0 Å². The minimum absolute atomic E-state index is 0.00617. The third-order valence-corrected chi connectivity index (χ3v) is 3.73. The van der Waals surface area contributed by atoms with Gasteiger partial charge in [0.15, 0.2) is 6.10 Å². The van der Waals surface area contributed by atoms with Gasteiger partial charge in [-0.05, 0) is 50.8 Å². The fourth-order valence-electron chi connectivity index (χ4n) is 2.14. The van der Waals surface area contributed by atoms with E-state index in [4.69, 9.17) is 10.5 Å². The summed E-state index contributed by atoms with van der Waals surface area (Å²) in [6, 6.07) is 6.04. The summed E-state index contributed by atoms with van der Waals surface area (Å²) < 4.78 is 5.78. The number of amides is 1. The van der Waals surface area contributed by atoms with Crippen LogP contribution in [0.1, 0.15) is 57.7 Å². The van der Waals surface area contributed by atoms with E-state index in [-0.39, 0.29) is 18.0 Å². The first-order valence-electron chi connectivity index (χ1n) is 7.72. The maximum Gasteiger partial charge on any atom is 0.260 e. The number of aryl methyl sites for hydroxylation is 1. The fourth-order valence-corrected chi connectivity index (χ4v) is 2.14. The Balaban J connectivity index is 2.70. The van der Waals surface area contributed by atoms with Gasteiger partial charge in [-0.3, -0.25) is 4.79 Å². The zero-order chi connectivity index (χ0) is 16.0. The van der Waals surface area contributed by atoms with E-state index in [0.717, 1.165) is 29.7 Å². The second kappa shape index (κ2) is 8.03. The Bertz CT molecular complexity index is 468. The van der Waals surface area contributed by atoms with Gasteiger partial charge in [0.25, 0.3) is 5.91 Å². The second-order valence-electron chi connectivity index (χ2n) is 5.60. The Morgan fingerprint density at radius 1 is 1.29 bits per heavy atom. The lowest BCUT2D eigenvalue weighted by Gasteiger charge is -2.20. The first kappa shape index (κ1) is 17.5. The van der Waals surface area contributed by atoms with Crippen molar-refractivity contribution in [2.24, 2.45) is 5.73 Å². The Kier molecular flexibility index (Phi) is 6.69. The van der Waals surface area contributed by atoms with Gasteiger partial charge in [-0.1, -0.05) is 26.0 Å². The molecule has 0 aliphatic carbocycles.